The van der Waals surface area contributed by atoms with E-state index in [4.69, 9.17) is 20.1 Å². The summed E-state index contributed by atoms with van der Waals surface area (Å²) in [6.45, 7) is 3.59. The van der Waals surface area contributed by atoms with Gasteiger partial charge in [-0.15, -0.1) is 0 Å². The van der Waals surface area contributed by atoms with Crippen LogP contribution in [-0.4, -0.2) is 33.5 Å². The average molecular weight is 308 g/mol. The van der Waals surface area contributed by atoms with Gasteiger partial charge in [0.2, 0.25) is 0 Å². The van der Waals surface area contributed by atoms with E-state index in [0.717, 1.165) is 24.3 Å². The molecule has 0 heterocycles. The maximum absolute atomic E-state index is 5.83. The highest BCUT2D eigenvalue weighted by Gasteiger charge is 2.44. The van der Waals surface area contributed by atoms with Gasteiger partial charge >= 0.3 is 0 Å². The number of hydrazine groups is 1. The zero-order chi connectivity index (χ0) is 16.0. The molecule has 1 saturated carbocycles. The van der Waals surface area contributed by atoms with Gasteiger partial charge in [0.25, 0.3) is 0 Å². The monoisotopic (exact) mass is 308 g/mol. The van der Waals surface area contributed by atoms with E-state index in [1.54, 1.807) is 14.2 Å². The van der Waals surface area contributed by atoms with E-state index in [-0.39, 0.29) is 0 Å². The summed E-state index contributed by atoms with van der Waals surface area (Å²) in [6.07, 6.45) is 4.22. The Hall–Kier alpha value is -1.30. The molecule has 1 atom stereocenters. The average Bonchev–Trinajstić information content (AvgIpc) is 3.28. The Morgan fingerprint density at radius 3 is 2.59 bits per heavy atom. The van der Waals surface area contributed by atoms with E-state index in [9.17, 15) is 0 Å². The molecular formula is C17H28N2O3. The Kier molecular flexibility index (Phi) is 6.06. The molecule has 0 amide bonds. The summed E-state index contributed by atoms with van der Waals surface area (Å²) in [5, 5.41) is 0. The molecule has 0 saturated heterocycles. The lowest BCUT2D eigenvalue weighted by Crippen LogP contribution is -2.42. The number of ether oxygens (including phenoxy) is 3. The standard InChI is InChI=1S/C17H28N2O3/c1-17(7-8-17)16(19-18)12-13-5-6-14(21-3)15(11-13)22-10-4-9-20-2/h5-6,11,16,19H,4,7-10,12,18H2,1-3H3. The van der Waals surface area contributed by atoms with E-state index in [1.807, 2.05) is 6.07 Å². The molecule has 5 nitrogen and oxygen atoms in total. The van der Waals surface area contributed by atoms with Crippen molar-refractivity contribution in [2.24, 2.45) is 11.3 Å². The molecule has 1 aliphatic carbocycles. The predicted molar refractivity (Wildman–Crippen MR) is 87.1 cm³/mol. The molecule has 2 rings (SSSR count). The van der Waals surface area contributed by atoms with Crippen LogP contribution in [0.25, 0.3) is 0 Å². The number of benzene rings is 1. The largest absolute Gasteiger partial charge is 0.493 e. The Bertz CT molecular complexity index is 475. The summed E-state index contributed by atoms with van der Waals surface area (Å²) in [6, 6.07) is 6.39. The van der Waals surface area contributed by atoms with Gasteiger partial charge in [0.05, 0.1) is 13.7 Å². The quantitative estimate of drug-likeness (QED) is 0.394. The van der Waals surface area contributed by atoms with Crippen molar-refractivity contribution < 1.29 is 14.2 Å². The fourth-order valence-corrected chi connectivity index (χ4v) is 2.63. The van der Waals surface area contributed by atoms with Gasteiger partial charge in [-0.05, 0) is 42.4 Å². The van der Waals surface area contributed by atoms with E-state index in [0.29, 0.717) is 24.7 Å². The minimum atomic E-state index is 0.294. The van der Waals surface area contributed by atoms with Crippen LogP contribution in [0.3, 0.4) is 0 Å². The van der Waals surface area contributed by atoms with Crippen molar-refractivity contribution in [2.75, 3.05) is 27.4 Å². The van der Waals surface area contributed by atoms with Crippen molar-refractivity contribution in [3.8, 4) is 11.5 Å². The molecule has 5 heteroatoms. The zero-order valence-electron chi connectivity index (χ0n) is 13.9. The molecule has 0 radical (unpaired) electrons. The summed E-state index contributed by atoms with van der Waals surface area (Å²) >= 11 is 0. The molecular weight excluding hydrogens is 280 g/mol. The number of nitrogens with two attached hydrogens (primary N) is 1. The van der Waals surface area contributed by atoms with Gasteiger partial charge in [0.15, 0.2) is 11.5 Å². The van der Waals surface area contributed by atoms with Crippen molar-refractivity contribution in [3.63, 3.8) is 0 Å². The summed E-state index contributed by atoms with van der Waals surface area (Å²) in [5.74, 6) is 7.28. The van der Waals surface area contributed by atoms with Crippen molar-refractivity contribution >= 4 is 0 Å². The van der Waals surface area contributed by atoms with E-state index in [1.165, 1.54) is 18.4 Å². The van der Waals surface area contributed by atoms with E-state index >= 15 is 0 Å². The lowest BCUT2D eigenvalue weighted by molar-refractivity contribution is 0.170. The van der Waals surface area contributed by atoms with Crippen LogP contribution in [-0.2, 0) is 11.2 Å². The van der Waals surface area contributed by atoms with Crippen LogP contribution in [0.5, 0.6) is 11.5 Å². The molecule has 1 fully saturated rings. The minimum Gasteiger partial charge on any atom is -0.493 e. The molecule has 0 bridgehead atoms. The molecule has 1 unspecified atom stereocenters. The third-order valence-electron chi connectivity index (χ3n) is 4.50. The third kappa shape index (κ3) is 4.35. The fourth-order valence-electron chi connectivity index (χ4n) is 2.63. The van der Waals surface area contributed by atoms with Gasteiger partial charge in [-0.1, -0.05) is 13.0 Å². The number of rotatable bonds is 10. The number of hydrogen-bond acceptors (Lipinski definition) is 5. The first-order chi connectivity index (χ1) is 10.6. The van der Waals surface area contributed by atoms with Crippen molar-refractivity contribution in [3.05, 3.63) is 23.8 Å². The normalized spacial score (nSPS) is 17.1. The molecule has 1 aromatic rings. The van der Waals surface area contributed by atoms with Crippen LogP contribution in [0.1, 0.15) is 31.7 Å². The van der Waals surface area contributed by atoms with E-state index in [2.05, 4.69) is 24.5 Å². The number of nitrogens with one attached hydrogen (secondary N) is 1. The van der Waals surface area contributed by atoms with E-state index < -0.39 is 0 Å². The molecule has 3 N–H and O–H groups in total. The Morgan fingerprint density at radius 1 is 1.23 bits per heavy atom. The number of methoxy groups -OCH3 is 2. The van der Waals surface area contributed by atoms with Gasteiger partial charge in [0.1, 0.15) is 0 Å². The summed E-state index contributed by atoms with van der Waals surface area (Å²) in [7, 11) is 3.35. The van der Waals surface area contributed by atoms with Gasteiger partial charge < -0.3 is 14.2 Å². The molecule has 124 valence electrons. The zero-order valence-corrected chi connectivity index (χ0v) is 13.9. The lowest BCUT2D eigenvalue weighted by atomic mass is 9.93. The van der Waals surface area contributed by atoms with Crippen LogP contribution >= 0.6 is 0 Å². The molecule has 22 heavy (non-hydrogen) atoms. The van der Waals surface area contributed by atoms with Gasteiger partial charge in [-0.25, -0.2) is 0 Å². The number of hydrogen-bond donors (Lipinski definition) is 2. The topological polar surface area (TPSA) is 65.7 Å². The van der Waals surface area contributed by atoms with Gasteiger partial charge in [-0.2, -0.15) is 0 Å². The van der Waals surface area contributed by atoms with Crippen LogP contribution in [0.15, 0.2) is 18.2 Å². The maximum atomic E-state index is 5.83. The first kappa shape index (κ1) is 17.1. The second-order valence-corrected chi connectivity index (χ2v) is 6.26. The highest BCUT2D eigenvalue weighted by molar-refractivity contribution is 5.43. The third-order valence-corrected chi connectivity index (χ3v) is 4.50. The van der Waals surface area contributed by atoms with Crippen LogP contribution in [0, 0.1) is 5.41 Å². The molecule has 1 aliphatic rings. The Morgan fingerprint density at radius 2 is 2.00 bits per heavy atom. The van der Waals surface area contributed by atoms with Gasteiger partial charge in [-0.3, -0.25) is 11.3 Å². The van der Waals surface area contributed by atoms with Crippen molar-refractivity contribution in [1.82, 2.24) is 5.43 Å². The van der Waals surface area contributed by atoms with Crippen molar-refractivity contribution in [2.45, 2.75) is 38.6 Å². The highest BCUT2D eigenvalue weighted by atomic mass is 16.5. The SMILES string of the molecule is COCCCOc1cc(CC(NN)C2(C)CC2)ccc1OC. The summed E-state index contributed by atoms with van der Waals surface area (Å²) in [4.78, 5) is 0. The molecule has 1 aromatic carbocycles. The summed E-state index contributed by atoms with van der Waals surface area (Å²) in [5.41, 5.74) is 4.51. The molecule has 0 aromatic heterocycles. The van der Waals surface area contributed by atoms with Crippen LogP contribution in [0.2, 0.25) is 0 Å². The highest BCUT2D eigenvalue weighted by Crippen LogP contribution is 2.48. The smallest absolute Gasteiger partial charge is 0.161 e. The second kappa shape index (κ2) is 7.81. The first-order valence-corrected chi connectivity index (χ1v) is 7.88. The minimum absolute atomic E-state index is 0.294. The Labute approximate surface area is 133 Å². The molecule has 0 aliphatic heterocycles. The first-order valence-electron chi connectivity index (χ1n) is 7.88. The second-order valence-electron chi connectivity index (χ2n) is 6.26. The van der Waals surface area contributed by atoms with Gasteiger partial charge in [0, 0.05) is 26.2 Å². The lowest BCUT2D eigenvalue weighted by Gasteiger charge is -2.23. The fraction of sp³-hybridized carbons (Fsp3) is 0.647. The predicted octanol–water partition coefficient (Wildman–Crippen LogP) is 2.29. The summed E-state index contributed by atoms with van der Waals surface area (Å²) < 4.78 is 16.2. The van der Waals surface area contributed by atoms with Crippen LogP contribution < -0.4 is 20.7 Å². The molecule has 0 spiro atoms. The maximum Gasteiger partial charge on any atom is 0.161 e. The van der Waals surface area contributed by atoms with Crippen molar-refractivity contribution in [1.29, 1.82) is 0 Å². The van der Waals surface area contributed by atoms with Crippen LogP contribution in [0.4, 0.5) is 0 Å². The Balaban J connectivity index is 2.02.